The van der Waals surface area contributed by atoms with Crippen LogP contribution in [0.1, 0.15) is 17.3 Å². The molecule has 0 saturated carbocycles. The molecular formula is C21H20ClN5O2. The van der Waals surface area contributed by atoms with Gasteiger partial charge in [0.05, 0.1) is 10.5 Å². The zero-order chi connectivity index (χ0) is 20.4. The smallest absolute Gasteiger partial charge is 0.321 e. The van der Waals surface area contributed by atoms with Crippen molar-refractivity contribution in [3.05, 3.63) is 59.4 Å². The summed E-state index contributed by atoms with van der Waals surface area (Å²) in [4.78, 5) is 36.6. The maximum atomic E-state index is 12.6. The molecule has 0 atom stereocenters. The van der Waals surface area contributed by atoms with E-state index in [9.17, 15) is 9.59 Å². The molecule has 3 aromatic rings. The lowest BCUT2D eigenvalue weighted by atomic mass is 10.1. The number of urea groups is 1. The number of nitrogens with zero attached hydrogens (tertiary/aromatic N) is 4. The Morgan fingerprint density at radius 1 is 1.00 bits per heavy atom. The molecule has 0 aliphatic carbocycles. The molecule has 0 bridgehead atoms. The summed E-state index contributed by atoms with van der Waals surface area (Å²) in [6, 6.07) is 12.4. The normalized spacial score (nSPS) is 14.1. The molecule has 1 aromatic heterocycles. The first-order valence-electron chi connectivity index (χ1n) is 9.34. The van der Waals surface area contributed by atoms with Gasteiger partial charge >= 0.3 is 6.03 Å². The van der Waals surface area contributed by atoms with Gasteiger partial charge in [0, 0.05) is 42.8 Å². The van der Waals surface area contributed by atoms with Gasteiger partial charge in [0.2, 0.25) is 0 Å². The molecule has 0 unspecified atom stereocenters. The molecule has 4 rings (SSSR count). The molecular weight excluding hydrogens is 390 g/mol. The molecule has 148 valence electrons. The van der Waals surface area contributed by atoms with E-state index in [0.717, 1.165) is 16.7 Å². The topological polar surface area (TPSA) is 78.4 Å². The molecule has 1 saturated heterocycles. The number of ketones is 1. The van der Waals surface area contributed by atoms with E-state index >= 15 is 0 Å². The van der Waals surface area contributed by atoms with E-state index in [1.54, 1.807) is 29.2 Å². The summed E-state index contributed by atoms with van der Waals surface area (Å²) in [5.74, 6) is 0.829. The maximum absolute atomic E-state index is 12.6. The Morgan fingerprint density at radius 2 is 1.72 bits per heavy atom. The number of aromatic nitrogens is 2. The summed E-state index contributed by atoms with van der Waals surface area (Å²) in [7, 11) is 0. The summed E-state index contributed by atoms with van der Waals surface area (Å²) >= 11 is 6.25. The molecule has 2 amide bonds. The van der Waals surface area contributed by atoms with Gasteiger partial charge in [-0.15, -0.1) is 0 Å². The van der Waals surface area contributed by atoms with Crippen LogP contribution >= 0.6 is 11.6 Å². The minimum absolute atomic E-state index is 0.00229. The Kier molecular flexibility index (Phi) is 5.31. The van der Waals surface area contributed by atoms with E-state index in [1.807, 2.05) is 18.2 Å². The van der Waals surface area contributed by atoms with E-state index in [2.05, 4.69) is 20.2 Å². The molecule has 1 aliphatic heterocycles. The fraction of sp³-hybridized carbons (Fsp3) is 0.238. The lowest BCUT2D eigenvalue weighted by Gasteiger charge is -2.35. The number of hydrogen-bond donors (Lipinski definition) is 1. The number of rotatable bonds is 3. The fourth-order valence-electron chi connectivity index (χ4n) is 3.40. The molecule has 29 heavy (non-hydrogen) atoms. The number of benzene rings is 2. The van der Waals surface area contributed by atoms with Crippen LogP contribution in [0, 0.1) is 0 Å². The van der Waals surface area contributed by atoms with Crippen LogP contribution in [0.25, 0.3) is 10.9 Å². The number of carbonyl (C=O) groups excluding carboxylic acids is 2. The Bertz CT molecular complexity index is 1060. The number of fused-ring (bicyclic) bond motifs is 1. The Morgan fingerprint density at radius 3 is 2.41 bits per heavy atom. The van der Waals surface area contributed by atoms with Crippen LogP contribution < -0.4 is 10.2 Å². The number of hydrogen-bond acceptors (Lipinski definition) is 5. The third kappa shape index (κ3) is 4.00. The second-order valence-corrected chi connectivity index (χ2v) is 7.28. The average Bonchev–Trinajstić information content (AvgIpc) is 2.74. The molecule has 8 heteroatoms. The van der Waals surface area contributed by atoms with Gasteiger partial charge in [0.25, 0.3) is 0 Å². The SMILES string of the molecule is CC(=O)c1ccc(NC(=O)N2CCN(c3ncnc4c(Cl)cccc34)CC2)cc1. The van der Waals surface area contributed by atoms with Crippen molar-refractivity contribution in [1.82, 2.24) is 14.9 Å². The predicted octanol–water partition coefficient (Wildman–Crippen LogP) is 3.84. The van der Waals surface area contributed by atoms with Gasteiger partial charge in [-0.1, -0.05) is 17.7 Å². The van der Waals surface area contributed by atoms with E-state index in [-0.39, 0.29) is 11.8 Å². The first-order chi connectivity index (χ1) is 14.0. The molecule has 1 N–H and O–H groups in total. The number of Topliss-reactive ketones (excluding diaryl/α,β-unsaturated/α-hetero) is 1. The highest BCUT2D eigenvalue weighted by atomic mass is 35.5. The Balaban J connectivity index is 1.41. The van der Waals surface area contributed by atoms with Gasteiger partial charge < -0.3 is 15.1 Å². The third-order valence-electron chi connectivity index (χ3n) is 5.00. The van der Waals surface area contributed by atoms with Crippen molar-refractivity contribution in [1.29, 1.82) is 0 Å². The number of piperazine rings is 1. The largest absolute Gasteiger partial charge is 0.352 e. The average molecular weight is 410 g/mol. The second kappa shape index (κ2) is 8.05. The molecule has 2 heterocycles. The second-order valence-electron chi connectivity index (χ2n) is 6.87. The van der Waals surface area contributed by atoms with Crippen molar-refractivity contribution in [2.24, 2.45) is 0 Å². The number of carbonyl (C=O) groups is 2. The van der Waals surface area contributed by atoms with Crippen LogP contribution in [0.2, 0.25) is 5.02 Å². The predicted molar refractivity (Wildman–Crippen MR) is 114 cm³/mol. The standard InChI is InChI=1S/C21H20ClN5O2/c1-14(28)15-5-7-16(8-6-15)25-21(29)27-11-9-26(10-12-27)20-17-3-2-4-18(22)19(17)23-13-24-20/h2-8,13H,9-12H2,1H3,(H,25,29). The highest BCUT2D eigenvalue weighted by Crippen LogP contribution is 2.28. The van der Waals surface area contributed by atoms with Crippen molar-refractivity contribution < 1.29 is 9.59 Å². The lowest BCUT2D eigenvalue weighted by molar-refractivity contribution is 0.101. The molecule has 1 fully saturated rings. The summed E-state index contributed by atoms with van der Waals surface area (Å²) in [6.07, 6.45) is 1.52. The van der Waals surface area contributed by atoms with Gasteiger partial charge in [0.15, 0.2) is 5.78 Å². The molecule has 0 radical (unpaired) electrons. The van der Waals surface area contributed by atoms with Crippen molar-refractivity contribution in [2.45, 2.75) is 6.92 Å². The minimum atomic E-state index is -0.157. The van der Waals surface area contributed by atoms with Crippen LogP contribution in [0.5, 0.6) is 0 Å². The summed E-state index contributed by atoms with van der Waals surface area (Å²) in [6.45, 7) is 3.99. The zero-order valence-corrected chi connectivity index (χ0v) is 16.7. The zero-order valence-electron chi connectivity index (χ0n) is 15.9. The van der Waals surface area contributed by atoms with Crippen molar-refractivity contribution in [2.75, 3.05) is 36.4 Å². The van der Waals surface area contributed by atoms with Gasteiger partial charge in [-0.05, 0) is 43.3 Å². The first kappa shape index (κ1) is 19.1. The number of halogens is 1. The molecule has 0 spiro atoms. The van der Waals surface area contributed by atoms with Gasteiger partial charge in [0.1, 0.15) is 12.1 Å². The van der Waals surface area contributed by atoms with E-state index in [0.29, 0.717) is 42.5 Å². The molecule has 1 aliphatic rings. The number of para-hydroxylation sites is 1. The monoisotopic (exact) mass is 409 g/mol. The highest BCUT2D eigenvalue weighted by molar-refractivity contribution is 6.35. The summed E-state index contributed by atoms with van der Waals surface area (Å²) in [5, 5.41) is 4.39. The van der Waals surface area contributed by atoms with Gasteiger partial charge in [-0.2, -0.15) is 0 Å². The minimum Gasteiger partial charge on any atom is -0.352 e. The van der Waals surface area contributed by atoms with Crippen LogP contribution in [-0.2, 0) is 0 Å². The Labute approximate surface area is 173 Å². The van der Waals surface area contributed by atoms with E-state index < -0.39 is 0 Å². The molecule has 7 nitrogen and oxygen atoms in total. The quantitative estimate of drug-likeness (QED) is 0.665. The van der Waals surface area contributed by atoms with Crippen LogP contribution in [0.15, 0.2) is 48.8 Å². The number of nitrogens with one attached hydrogen (secondary N) is 1. The number of anilines is 2. The van der Waals surface area contributed by atoms with Crippen LogP contribution in [-0.4, -0.2) is 52.9 Å². The van der Waals surface area contributed by atoms with Crippen molar-refractivity contribution in [3.63, 3.8) is 0 Å². The first-order valence-corrected chi connectivity index (χ1v) is 9.72. The lowest BCUT2D eigenvalue weighted by Crippen LogP contribution is -2.50. The Hall–Kier alpha value is -3.19. The van der Waals surface area contributed by atoms with Gasteiger partial charge in [-0.25, -0.2) is 14.8 Å². The highest BCUT2D eigenvalue weighted by Gasteiger charge is 2.23. The van der Waals surface area contributed by atoms with Crippen LogP contribution in [0.4, 0.5) is 16.3 Å². The van der Waals surface area contributed by atoms with Crippen LogP contribution in [0.3, 0.4) is 0 Å². The number of amides is 2. The van der Waals surface area contributed by atoms with Crippen molar-refractivity contribution in [3.8, 4) is 0 Å². The van der Waals surface area contributed by atoms with Crippen molar-refractivity contribution >= 4 is 45.8 Å². The summed E-state index contributed by atoms with van der Waals surface area (Å²) in [5.41, 5.74) is 2.01. The maximum Gasteiger partial charge on any atom is 0.321 e. The van der Waals surface area contributed by atoms with Gasteiger partial charge in [-0.3, -0.25) is 4.79 Å². The summed E-state index contributed by atoms with van der Waals surface area (Å²) < 4.78 is 0. The fourth-order valence-corrected chi connectivity index (χ4v) is 3.63. The third-order valence-corrected chi connectivity index (χ3v) is 5.31. The van der Waals surface area contributed by atoms with E-state index in [1.165, 1.54) is 13.3 Å². The van der Waals surface area contributed by atoms with E-state index in [4.69, 9.17) is 11.6 Å². The molecule has 2 aromatic carbocycles.